The summed E-state index contributed by atoms with van der Waals surface area (Å²) in [6.07, 6.45) is 5.99. The largest absolute Gasteiger partial charge is 0.480 e. The van der Waals surface area contributed by atoms with Crippen molar-refractivity contribution in [3.8, 4) is 23.0 Å². The quantitative estimate of drug-likeness (QED) is 0.0793. The summed E-state index contributed by atoms with van der Waals surface area (Å²) in [6.45, 7) is 8.24. The number of nitrogen functional groups attached to an aromatic ring is 1. The summed E-state index contributed by atoms with van der Waals surface area (Å²) >= 11 is 0. The SMILES string of the molecule is Cc1cc2nccc(Oc3ccc(CC(=O)C4(C(=O)Cc5ccc([18F])cc5)CC4)cc3)c2cc1C.Cc1cc2nccc(Oc3ccc(CC(=O)C4(C(=O)O)CC4)cc3)c2cc1C.Nc1ccc([18F])cc1. The highest BCUT2D eigenvalue weighted by Gasteiger charge is 2.56. The summed E-state index contributed by atoms with van der Waals surface area (Å²) in [5, 5.41) is 11.1. The fraction of sp³-hybridized carbons (Fsp3) is 0.220. The molecule has 3 N–H and O–H groups in total. The van der Waals surface area contributed by atoms with Crippen molar-refractivity contribution in [2.24, 2.45) is 10.8 Å². The predicted molar refractivity (Wildman–Crippen MR) is 270 cm³/mol. The fourth-order valence-electron chi connectivity index (χ4n) is 8.25. The molecule has 2 aromatic heterocycles. The molecule has 2 aliphatic rings. The number of aryl methyl sites for hydroxylation is 4. The van der Waals surface area contributed by atoms with Gasteiger partial charge in [-0.15, -0.1) is 0 Å². The molecule has 0 unspecified atom stereocenters. The molecule has 8 aromatic rings. The van der Waals surface area contributed by atoms with E-state index in [1.165, 1.54) is 58.7 Å². The Labute approximate surface area is 410 Å². The van der Waals surface area contributed by atoms with Crippen molar-refractivity contribution in [1.29, 1.82) is 0 Å². The lowest BCUT2D eigenvalue weighted by molar-refractivity contribution is -0.148. The Balaban J connectivity index is 0.000000167. The summed E-state index contributed by atoms with van der Waals surface area (Å²) in [6, 6.07) is 38.1. The highest BCUT2D eigenvalue weighted by atomic mass is 18.2. The van der Waals surface area contributed by atoms with Crippen LogP contribution in [0.2, 0.25) is 0 Å². The fourth-order valence-corrected chi connectivity index (χ4v) is 8.25. The maximum Gasteiger partial charge on any atom is 0.317 e. The van der Waals surface area contributed by atoms with E-state index in [2.05, 4.69) is 55.9 Å². The van der Waals surface area contributed by atoms with Crippen molar-refractivity contribution in [1.82, 2.24) is 9.97 Å². The van der Waals surface area contributed by atoms with Gasteiger partial charge in [0.2, 0.25) is 0 Å². The van der Waals surface area contributed by atoms with Gasteiger partial charge in [0.25, 0.3) is 0 Å². The van der Waals surface area contributed by atoms with Crippen LogP contribution >= 0.6 is 0 Å². The topological polar surface area (TPSA) is 159 Å². The maximum absolute atomic E-state index is 13.1. The van der Waals surface area contributed by atoms with E-state index in [9.17, 15) is 33.1 Å². The van der Waals surface area contributed by atoms with Crippen molar-refractivity contribution in [3.05, 3.63) is 196 Å². The number of anilines is 1. The number of benzene rings is 6. The van der Waals surface area contributed by atoms with Gasteiger partial charge in [0.15, 0.2) is 17.3 Å². The Kier molecular flexibility index (Phi) is 14.5. The number of aromatic nitrogens is 2. The third kappa shape index (κ3) is 11.7. The van der Waals surface area contributed by atoms with Gasteiger partial charge in [-0.2, -0.15) is 0 Å². The number of nitrogens with zero attached hydrogens (tertiary/aromatic N) is 2. The van der Waals surface area contributed by atoms with Crippen molar-refractivity contribution in [3.63, 3.8) is 0 Å². The van der Waals surface area contributed by atoms with Crippen LogP contribution < -0.4 is 15.2 Å². The zero-order chi connectivity index (χ0) is 50.5. The number of hydrogen-bond acceptors (Lipinski definition) is 9. The number of ketones is 3. The predicted octanol–water partition coefficient (Wildman–Crippen LogP) is 12.5. The van der Waals surface area contributed by atoms with E-state index < -0.39 is 16.8 Å². The second-order valence-electron chi connectivity index (χ2n) is 18.5. The van der Waals surface area contributed by atoms with Crippen LogP contribution in [0.3, 0.4) is 0 Å². The number of rotatable bonds is 14. The number of pyridine rings is 2. The van der Waals surface area contributed by atoms with Gasteiger partial charge >= 0.3 is 5.97 Å². The van der Waals surface area contributed by atoms with E-state index >= 15 is 0 Å². The van der Waals surface area contributed by atoms with Crippen LogP contribution in [-0.2, 0) is 38.4 Å². The number of halogens is 2. The minimum Gasteiger partial charge on any atom is -0.480 e. The van der Waals surface area contributed by atoms with Crippen LogP contribution in [-0.4, -0.2) is 38.4 Å². The number of carbonyl (C=O) groups is 4. The second kappa shape index (κ2) is 20.9. The van der Waals surface area contributed by atoms with Gasteiger partial charge in [-0.25, -0.2) is 8.78 Å². The Morgan fingerprint density at radius 2 is 0.845 bits per heavy atom. The number of carboxylic acid groups (broad SMARTS) is 1. The Morgan fingerprint density at radius 3 is 1.20 bits per heavy atom. The van der Waals surface area contributed by atoms with E-state index in [0.29, 0.717) is 42.9 Å². The molecule has 0 bridgehead atoms. The van der Waals surface area contributed by atoms with Gasteiger partial charge in [-0.3, -0.25) is 29.1 Å². The Hall–Kier alpha value is -8.12. The van der Waals surface area contributed by atoms with Gasteiger partial charge in [-0.05, 0) is 189 Å². The minimum absolute atomic E-state index is 0.0516. The molecule has 0 radical (unpaired) electrons. The van der Waals surface area contributed by atoms with E-state index in [4.69, 9.17) is 15.2 Å². The number of aliphatic carboxylic acids is 1. The standard InChI is InChI=1S/C30H26FNO3.C23H21NO4.C6H6FN/c1-19-15-25-26(16-20(19)2)32-14-11-27(25)35-24-9-5-22(6-10-24)18-29(34)30(12-13-30)28(33)17-21-3-7-23(31)8-4-21;1-14-11-18-19(12-15(14)2)24-10-7-20(18)28-17-5-3-16(4-6-17)13-21(25)23(8-9-23)22(26)27;7-5-1-3-6(8)4-2-5/h3-11,14-16H,12-13,17-18H2,1-2H3;3-7,10-12H,8-9,13H2,1-2H3,(H,26,27);1-4H,8H2/i31-1;;7-1. The third-order valence-electron chi connectivity index (χ3n) is 13.3. The summed E-state index contributed by atoms with van der Waals surface area (Å²) < 4.78 is 37.3. The van der Waals surface area contributed by atoms with Crippen molar-refractivity contribution in [2.75, 3.05) is 5.73 Å². The van der Waals surface area contributed by atoms with E-state index in [1.54, 1.807) is 36.7 Å². The average molecular weight is 952 g/mol. The van der Waals surface area contributed by atoms with Gasteiger partial charge < -0.3 is 20.3 Å². The summed E-state index contributed by atoms with van der Waals surface area (Å²) in [7, 11) is 0. The van der Waals surface area contributed by atoms with Crippen LogP contribution in [0.15, 0.2) is 146 Å². The van der Waals surface area contributed by atoms with Crippen LogP contribution in [0.25, 0.3) is 21.8 Å². The summed E-state index contributed by atoms with van der Waals surface area (Å²) in [5.41, 5.74) is 12.6. The molecule has 12 heteroatoms. The molecule has 2 saturated carbocycles. The molecule has 0 aliphatic heterocycles. The molecule has 10 nitrogen and oxygen atoms in total. The molecular formula is C59H53F2N3O7. The first-order chi connectivity index (χ1) is 34.0. The molecule has 2 fully saturated rings. The zero-order valence-corrected chi connectivity index (χ0v) is 39.9. The van der Waals surface area contributed by atoms with Crippen molar-refractivity contribution >= 4 is 50.8 Å². The average Bonchev–Trinajstić information content (AvgIpc) is 4.30. The monoisotopic (exact) mass is 951 g/mol. The van der Waals surface area contributed by atoms with Crippen LogP contribution in [0.1, 0.15) is 64.6 Å². The normalized spacial score (nSPS) is 13.7. The molecule has 71 heavy (non-hydrogen) atoms. The first-order valence-corrected chi connectivity index (χ1v) is 23.4. The van der Waals surface area contributed by atoms with Crippen LogP contribution in [0.5, 0.6) is 23.0 Å². The van der Waals surface area contributed by atoms with Crippen molar-refractivity contribution < 1.29 is 42.5 Å². The molecule has 0 saturated heterocycles. The number of fused-ring (bicyclic) bond motifs is 2. The molecule has 2 heterocycles. The van der Waals surface area contributed by atoms with Gasteiger partial charge in [-0.1, -0.05) is 36.4 Å². The number of ether oxygens (including phenoxy) is 2. The molecular weight excluding hydrogens is 899 g/mol. The minimum atomic E-state index is -1.15. The summed E-state index contributed by atoms with van der Waals surface area (Å²) in [4.78, 5) is 58.4. The highest BCUT2D eigenvalue weighted by Crippen LogP contribution is 2.49. The molecule has 0 amide bonds. The van der Waals surface area contributed by atoms with Gasteiger partial charge in [0, 0.05) is 48.1 Å². The lowest BCUT2D eigenvalue weighted by atomic mass is 9.88. The molecule has 0 spiro atoms. The number of Topliss-reactive ketones (excluding diaryl/α,β-unsaturated/α-hetero) is 3. The lowest BCUT2D eigenvalue weighted by Crippen LogP contribution is -2.28. The first kappa shape index (κ1) is 49.3. The lowest BCUT2D eigenvalue weighted by Gasteiger charge is -2.14. The molecule has 0 atom stereocenters. The number of hydrogen-bond donors (Lipinski definition) is 2. The van der Waals surface area contributed by atoms with Gasteiger partial charge in [0.1, 0.15) is 40.0 Å². The number of nitrogens with two attached hydrogens (primary N) is 1. The molecule has 2 aliphatic carbocycles. The smallest absolute Gasteiger partial charge is 0.317 e. The Bertz CT molecular complexity index is 3250. The zero-order valence-electron chi connectivity index (χ0n) is 39.9. The third-order valence-corrected chi connectivity index (χ3v) is 13.3. The van der Waals surface area contributed by atoms with E-state index in [-0.39, 0.29) is 48.2 Å². The maximum atomic E-state index is 13.1. The molecule has 360 valence electrons. The summed E-state index contributed by atoms with van der Waals surface area (Å²) in [5.74, 6) is 0.819. The van der Waals surface area contributed by atoms with E-state index in [1.807, 2.05) is 54.6 Å². The first-order valence-electron chi connectivity index (χ1n) is 23.4. The van der Waals surface area contributed by atoms with E-state index in [0.717, 1.165) is 50.0 Å². The van der Waals surface area contributed by atoms with Crippen LogP contribution in [0, 0.1) is 50.2 Å². The highest BCUT2D eigenvalue weighted by molar-refractivity contribution is 6.11. The van der Waals surface area contributed by atoms with Crippen molar-refractivity contribution in [2.45, 2.75) is 72.6 Å². The molecule has 10 rings (SSSR count). The molecule has 6 aromatic carbocycles. The number of carboxylic acids is 1. The Morgan fingerprint density at radius 1 is 0.507 bits per heavy atom. The number of carbonyl (C=O) groups excluding carboxylic acids is 3. The second-order valence-corrected chi connectivity index (χ2v) is 18.5. The van der Waals surface area contributed by atoms with Crippen LogP contribution in [0.4, 0.5) is 14.5 Å². The van der Waals surface area contributed by atoms with Gasteiger partial charge in [0.05, 0.1) is 16.4 Å².